The van der Waals surface area contributed by atoms with E-state index in [-0.39, 0.29) is 11.8 Å². The van der Waals surface area contributed by atoms with E-state index < -0.39 is 5.97 Å². The summed E-state index contributed by atoms with van der Waals surface area (Å²) in [4.78, 5) is 23.3. The summed E-state index contributed by atoms with van der Waals surface area (Å²) in [6, 6.07) is 6.97. The topological polar surface area (TPSA) is 66.4 Å². The van der Waals surface area contributed by atoms with E-state index in [4.69, 9.17) is 5.11 Å². The maximum Gasteiger partial charge on any atom is 0.335 e. The summed E-state index contributed by atoms with van der Waals surface area (Å²) in [6.45, 7) is 0.513. The lowest BCUT2D eigenvalue weighted by atomic mass is 10.0. The fourth-order valence-electron chi connectivity index (χ4n) is 3.77. The van der Waals surface area contributed by atoms with Gasteiger partial charge >= 0.3 is 5.97 Å². The van der Waals surface area contributed by atoms with E-state index in [1.54, 1.807) is 12.1 Å². The molecule has 0 aromatic heterocycles. The van der Waals surface area contributed by atoms with Crippen molar-refractivity contribution in [2.75, 3.05) is 6.54 Å². The SMILES string of the molecule is O=C(O)c1ccccc1CCNC(=O)C1C2CCCCC21. The van der Waals surface area contributed by atoms with Crippen molar-refractivity contribution < 1.29 is 14.7 Å². The average Bonchev–Trinajstić information content (AvgIpc) is 3.22. The monoisotopic (exact) mass is 287 g/mol. The number of carbonyl (C=O) groups excluding carboxylic acids is 1. The van der Waals surface area contributed by atoms with Crippen molar-refractivity contribution in [3.05, 3.63) is 35.4 Å². The number of aromatic carboxylic acids is 1. The van der Waals surface area contributed by atoms with Gasteiger partial charge in [-0.15, -0.1) is 0 Å². The van der Waals surface area contributed by atoms with Crippen molar-refractivity contribution in [1.29, 1.82) is 0 Å². The Kier molecular flexibility index (Phi) is 3.95. The molecule has 1 aromatic carbocycles. The lowest BCUT2D eigenvalue weighted by Crippen LogP contribution is -2.28. The minimum atomic E-state index is -0.912. The highest BCUT2D eigenvalue weighted by molar-refractivity contribution is 5.89. The first-order valence-corrected chi connectivity index (χ1v) is 7.77. The lowest BCUT2D eigenvalue weighted by molar-refractivity contribution is -0.122. The van der Waals surface area contributed by atoms with Gasteiger partial charge in [0.2, 0.25) is 5.91 Å². The van der Waals surface area contributed by atoms with Gasteiger partial charge in [0, 0.05) is 12.5 Å². The van der Waals surface area contributed by atoms with Gasteiger partial charge in [-0.3, -0.25) is 4.79 Å². The third kappa shape index (κ3) is 2.94. The molecule has 0 saturated heterocycles. The molecule has 2 unspecified atom stereocenters. The zero-order valence-electron chi connectivity index (χ0n) is 12.0. The summed E-state index contributed by atoms with van der Waals surface area (Å²) in [5, 5.41) is 12.1. The van der Waals surface area contributed by atoms with E-state index in [1.165, 1.54) is 25.7 Å². The van der Waals surface area contributed by atoms with Crippen molar-refractivity contribution in [2.24, 2.45) is 17.8 Å². The Morgan fingerprint density at radius 2 is 1.81 bits per heavy atom. The number of hydrogen-bond donors (Lipinski definition) is 2. The molecular weight excluding hydrogens is 266 g/mol. The molecule has 4 heteroatoms. The van der Waals surface area contributed by atoms with Gasteiger partial charge in [0.15, 0.2) is 0 Å². The van der Waals surface area contributed by atoms with Crippen LogP contribution in [-0.2, 0) is 11.2 Å². The quantitative estimate of drug-likeness (QED) is 0.874. The van der Waals surface area contributed by atoms with Crippen molar-refractivity contribution in [3.63, 3.8) is 0 Å². The van der Waals surface area contributed by atoms with E-state index in [0.717, 1.165) is 5.56 Å². The Balaban J connectivity index is 1.50. The van der Waals surface area contributed by atoms with Crippen LogP contribution in [0.4, 0.5) is 0 Å². The number of carboxylic acid groups (broad SMARTS) is 1. The Hall–Kier alpha value is -1.84. The third-order valence-corrected chi connectivity index (χ3v) is 4.90. The molecule has 2 atom stereocenters. The smallest absolute Gasteiger partial charge is 0.335 e. The second-order valence-electron chi connectivity index (χ2n) is 6.14. The molecule has 1 amide bonds. The van der Waals surface area contributed by atoms with Crippen LogP contribution in [0.25, 0.3) is 0 Å². The number of nitrogens with one attached hydrogen (secondary N) is 1. The predicted molar refractivity (Wildman–Crippen MR) is 79.1 cm³/mol. The van der Waals surface area contributed by atoms with Crippen molar-refractivity contribution in [1.82, 2.24) is 5.32 Å². The molecule has 2 aliphatic rings. The fraction of sp³-hybridized carbons (Fsp3) is 0.529. The van der Waals surface area contributed by atoms with E-state index in [1.807, 2.05) is 12.1 Å². The summed E-state index contributed by atoms with van der Waals surface area (Å²) in [5.74, 6) is 0.710. The number of benzene rings is 1. The van der Waals surface area contributed by atoms with E-state index >= 15 is 0 Å². The number of carbonyl (C=O) groups is 2. The fourth-order valence-corrected chi connectivity index (χ4v) is 3.77. The van der Waals surface area contributed by atoms with Gasteiger partial charge in [0.25, 0.3) is 0 Å². The highest BCUT2D eigenvalue weighted by atomic mass is 16.4. The van der Waals surface area contributed by atoms with Crippen LogP contribution >= 0.6 is 0 Å². The van der Waals surface area contributed by atoms with Crippen molar-refractivity contribution in [2.45, 2.75) is 32.1 Å². The highest BCUT2D eigenvalue weighted by Gasteiger charge is 2.54. The van der Waals surface area contributed by atoms with Crippen LogP contribution in [0.3, 0.4) is 0 Å². The molecule has 21 heavy (non-hydrogen) atoms. The molecule has 0 aliphatic heterocycles. The van der Waals surface area contributed by atoms with Gasteiger partial charge in [-0.2, -0.15) is 0 Å². The third-order valence-electron chi connectivity index (χ3n) is 4.90. The van der Waals surface area contributed by atoms with E-state index in [0.29, 0.717) is 30.4 Å². The first-order chi connectivity index (χ1) is 10.2. The number of fused-ring (bicyclic) bond motifs is 1. The second kappa shape index (κ2) is 5.88. The second-order valence-corrected chi connectivity index (χ2v) is 6.14. The lowest BCUT2D eigenvalue weighted by Gasteiger charge is -2.07. The Labute approximate surface area is 124 Å². The molecule has 2 fully saturated rings. The summed E-state index contributed by atoms with van der Waals surface area (Å²) in [7, 11) is 0. The number of hydrogen-bond acceptors (Lipinski definition) is 2. The molecule has 1 aromatic rings. The van der Waals surface area contributed by atoms with Crippen LogP contribution in [0.5, 0.6) is 0 Å². The van der Waals surface area contributed by atoms with E-state index in [9.17, 15) is 9.59 Å². The Bertz CT molecular complexity index is 543. The highest BCUT2D eigenvalue weighted by Crippen LogP contribution is 2.55. The molecule has 0 heterocycles. The maximum atomic E-state index is 12.2. The largest absolute Gasteiger partial charge is 0.478 e. The van der Waals surface area contributed by atoms with Crippen LogP contribution in [-0.4, -0.2) is 23.5 Å². The van der Waals surface area contributed by atoms with Crippen LogP contribution in [0, 0.1) is 17.8 Å². The van der Waals surface area contributed by atoms with Crippen LogP contribution in [0.15, 0.2) is 24.3 Å². The summed E-state index contributed by atoms with van der Waals surface area (Å²) < 4.78 is 0. The van der Waals surface area contributed by atoms with E-state index in [2.05, 4.69) is 5.32 Å². The zero-order valence-corrected chi connectivity index (χ0v) is 12.0. The number of rotatable bonds is 5. The molecular formula is C17H21NO3. The van der Waals surface area contributed by atoms with Crippen LogP contribution < -0.4 is 5.32 Å². The minimum absolute atomic E-state index is 0.166. The number of carboxylic acids is 1. The Morgan fingerprint density at radius 3 is 2.48 bits per heavy atom. The van der Waals surface area contributed by atoms with Gasteiger partial charge in [0.1, 0.15) is 0 Å². The summed E-state index contributed by atoms with van der Waals surface area (Å²) in [5.41, 5.74) is 1.10. The molecule has 112 valence electrons. The van der Waals surface area contributed by atoms with Crippen molar-refractivity contribution in [3.8, 4) is 0 Å². The van der Waals surface area contributed by atoms with Gasteiger partial charge < -0.3 is 10.4 Å². The Morgan fingerprint density at radius 1 is 1.14 bits per heavy atom. The molecule has 0 radical (unpaired) electrons. The molecule has 2 saturated carbocycles. The predicted octanol–water partition coefficient (Wildman–Crippen LogP) is 2.48. The van der Waals surface area contributed by atoms with Gasteiger partial charge in [-0.1, -0.05) is 31.0 Å². The average molecular weight is 287 g/mol. The standard InChI is InChI=1S/C17H21NO3/c19-16(15-13-7-3-4-8-14(13)15)18-10-9-11-5-1-2-6-12(11)17(20)21/h1-2,5-6,13-15H,3-4,7-10H2,(H,18,19)(H,20,21). The molecule has 0 spiro atoms. The molecule has 2 aliphatic carbocycles. The van der Waals surface area contributed by atoms with Crippen molar-refractivity contribution >= 4 is 11.9 Å². The minimum Gasteiger partial charge on any atom is -0.478 e. The van der Waals surface area contributed by atoms with Crippen LogP contribution in [0.1, 0.15) is 41.6 Å². The molecule has 3 rings (SSSR count). The maximum absolute atomic E-state index is 12.2. The molecule has 0 bridgehead atoms. The first-order valence-electron chi connectivity index (χ1n) is 7.77. The number of amides is 1. The van der Waals surface area contributed by atoms with Gasteiger partial charge in [-0.05, 0) is 42.7 Å². The van der Waals surface area contributed by atoms with Gasteiger partial charge in [0.05, 0.1) is 5.56 Å². The van der Waals surface area contributed by atoms with Gasteiger partial charge in [-0.25, -0.2) is 4.79 Å². The normalized spacial score (nSPS) is 26.8. The van der Waals surface area contributed by atoms with Crippen LogP contribution in [0.2, 0.25) is 0 Å². The molecule has 4 nitrogen and oxygen atoms in total. The summed E-state index contributed by atoms with van der Waals surface area (Å²) >= 11 is 0. The molecule has 2 N–H and O–H groups in total. The summed E-state index contributed by atoms with van der Waals surface area (Å²) in [6.07, 6.45) is 5.49. The first kappa shape index (κ1) is 14.1. The zero-order chi connectivity index (χ0) is 14.8.